The van der Waals surface area contributed by atoms with Crippen LogP contribution in [0.4, 0.5) is 0 Å². The molecule has 1 aliphatic carbocycles. The summed E-state index contributed by atoms with van der Waals surface area (Å²) in [5.74, 6) is 0.693. The Morgan fingerprint density at radius 3 is 2.75 bits per heavy atom. The SMILES string of the molecule is CC(C)c1cccc2c1CCC2. The quantitative estimate of drug-likeness (QED) is 0.591. The maximum absolute atomic E-state index is 2.29. The van der Waals surface area contributed by atoms with E-state index in [1.54, 1.807) is 16.7 Å². The van der Waals surface area contributed by atoms with Gasteiger partial charge in [-0.15, -0.1) is 0 Å². The second kappa shape index (κ2) is 2.93. The minimum atomic E-state index is 0.693. The topological polar surface area (TPSA) is 0 Å². The fourth-order valence-electron chi connectivity index (χ4n) is 2.19. The number of rotatable bonds is 1. The predicted molar refractivity (Wildman–Crippen MR) is 52.6 cm³/mol. The van der Waals surface area contributed by atoms with Crippen molar-refractivity contribution in [2.45, 2.75) is 39.0 Å². The van der Waals surface area contributed by atoms with E-state index in [4.69, 9.17) is 0 Å². The van der Waals surface area contributed by atoms with Crippen LogP contribution in [0.3, 0.4) is 0 Å². The zero-order valence-corrected chi connectivity index (χ0v) is 7.93. The third-order valence-electron chi connectivity index (χ3n) is 2.80. The summed E-state index contributed by atoms with van der Waals surface area (Å²) < 4.78 is 0. The first-order valence-corrected chi connectivity index (χ1v) is 4.89. The van der Waals surface area contributed by atoms with Crippen LogP contribution < -0.4 is 0 Å². The molecule has 0 amide bonds. The molecule has 0 atom stereocenters. The van der Waals surface area contributed by atoms with Crippen LogP contribution in [0.25, 0.3) is 0 Å². The molecule has 12 heavy (non-hydrogen) atoms. The number of benzene rings is 1. The lowest BCUT2D eigenvalue weighted by Crippen LogP contribution is -1.94. The highest BCUT2D eigenvalue weighted by Crippen LogP contribution is 2.29. The molecular weight excluding hydrogens is 144 g/mol. The Balaban J connectivity index is 2.49. The molecule has 1 aromatic carbocycles. The summed E-state index contributed by atoms with van der Waals surface area (Å²) >= 11 is 0. The van der Waals surface area contributed by atoms with Gasteiger partial charge in [-0.05, 0) is 41.9 Å². The highest BCUT2D eigenvalue weighted by Gasteiger charge is 2.15. The van der Waals surface area contributed by atoms with Crippen molar-refractivity contribution in [2.24, 2.45) is 0 Å². The Bertz CT molecular complexity index is 284. The van der Waals surface area contributed by atoms with Crippen molar-refractivity contribution >= 4 is 0 Å². The number of hydrogen-bond acceptors (Lipinski definition) is 0. The van der Waals surface area contributed by atoms with Crippen molar-refractivity contribution in [1.82, 2.24) is 0 Å². The standard InChI is InChI=1S/C12H16/c1-9(2)11-7-3-5-10-6-4-8-12(10)11/h3,5,7,9H,4,6,8H2,1-2H3. The Labute approximate surface area is 74.6 Å². The smallest absolute Gasteiger partial charge is 0.0216 e. The van der Waals surface area contributed by atoms with Crippen LogP contribution in [0.2, 0.25) is 0 Å². The molecule has 0 heteroatoms. The molecule has 0 unspecified atom stereocenters. The van der Waals surface area contributed by atoms with Gasteiger partial charge in [-0.2, -0.15) is 0 Å². The first-order valence-electron chi connectivity index (χ1n) is 4.89. The van der Waals surface area contributed by atoms with E-state index in [9.17, 15) is 0 Å². The molecule has 0 fully saturated rings. The summed E-state index contributed by atoms with van der Waals surface area (Å²) in [5, 5.41) is 0. The van der Waals surface area contributed by atoms with Crippen LogP contribution in [0.5, 0.6) is 0 Å². The molecule has 0 nitrogen and oxygen atoms in total. The van der Waals surface area contributed by atoms with Crippen molar-refractivity contribution < 1.29 is 0 Å². The van der Waals surface area contributed by atoms with Crippen molar-refractivity contribution in [3.8, 4) is 0 Å². The monoisotopic (exact) mass is 160 g/mol. The van der Waals surface area contributed by atoms with Crippen molar-refractivity contribution in [1.29, 1.82) is 0 Å². The van der Waals surface area contributed by atoms with E-state index in [1.807, 2.05) is 0 Å². The molecule has 0 saturated heterocycles. The molecule has 2 rings (SSSR count). The fraction of sp³-hybridized carbons (Fsp3) is 0.500. The van der Waals surface area contributed by atoms with Gasteiger partial charge in [0.05, 0.1) is 0 Å². The van der Waals surface area contributed by atoms with Crippen LogP contribution >= 0.6 is 0 Å². The third-order valence-corrected chi connectivity index (χ3v) is 2.80. The molecule has 0 bridgehead atoms. The lowest BCUT2D eigenvalue weighted by atomic mass is 9.95. The van der Waals surface area contributed by atoms with Gasteiger partial charge in [-0.25, -0.2) is 0 Å². The van der Waals surface area contributed by atoms with Gasteiger partial charge in [0.1, 0.15) is 0 Å². The largest absolute Gasteiger partial charge is 0.0617 e. The predicted octanol–water partition coefficient (Wildman–Crippen LogP) is 3.30. The molecule has 0 N–H and O–H groups in total. The molecule has 0 aliphatic heterocycles. The highest BCUT2D eigenvalue weighted by molar-refractivity contribution is 5.39. The molecule has 0 aromatic heterocycles. The molecular formula is C12H16. The van der Waals surface area contributed by atoms with Gasteiger partial charge in [0.15, 0.2) is 0 Å². The van der Waals surface area contributed by atoms with Gasteiger partial charge in [-0.3, -0.25) is 0 Å². The number of aryl methyl sites for hydroxylation is 1. The summed E-state index contributed by atoms with van der Waals surface area (Å²) in [6, 6.07) is 6.78. The molecule has 64 valence electrons. The highest BCUT2D eigenvalue weighted by atomic mass is 14.2. The average Bonchev–Trinajstić information content (AvgIpc) is 2.49. The summed E-state index contributed by atoms with van der Waals surface area (Å²) in [5.41, 5.74) is 4.82. The number of fused-ring (bicyclic) bond motifs is 1. The van der Waals surface area contributed by atoms with E-state index >= 15 is 0 Å². The van der Waals surface area contributed by atoms with E-state index < -0.39 is 0 Å². The molecule has 1 aliphatic rings. The Morgan fingerprint density at radius 2 is 2.00 bits per heavy atom. The lowest BCUT2D eigenvalue weighted by Gasteiger charge is -2.10. The van der Waals surface area contributed by atoms with Crippen LogP contribution in [0, 0.1) is 0 Å². The van der Waals surface area contributed by atoms with Gasteiger partial charge in [0.2, 0.25) is 0 Å². The Morgan fingerprint density at radius 1 is 1.17 bits per heavy atom. The van der Waals surface area contributed by atoms with Crippen LogP contribution in [0.1, 0.15) is 42.9 Å². The van der Waals surface area contributed by atoms with Crippen LogP contribution in [0.15, 0.2) is 18.2 Å². The molecule has 0 saturated carbocycles. The molecule has 1 aromatic rings. The zero-order valence-electron chi connectivity index (χ0n) is 7.93. The van der Waals surface area contributed by atoms with E-state index in [0.29, 0.717) is 5.92 Å². The average molecular weight is 160 g/mol. The Hall–Kier alpha value is -0.780. The summed E-state index contributed by atoms with van der Waals surface area (Å²) in [6.45, 7) is 4.57. The van der Waals surface area contributed by atoms with Gasteiger partial charge < -0.3 is 0 Å². The van der Waals surface area contributed by atoms with Gasteiger partial charge in [0.25, 0.3) is 0 Å². The second-order valence-electron chi connectivity index (χ2n) is 3.99. The molecule has 0 heterocycles. The Kier molecular flexibility index (Phi) is 1.92. The first kappa shape index (κ1) is 7.85. The lowest BCUT2D eigenvalue weighted by molar-refractivity contribution is 0.838. The second-order valence-corrected chi connectivity index (χ2v) is 3.99. The van der Waals surface area contributed by atoms with Crippen LogP contribution in [-0.2, 0) is 12.8 Å². The molecule has 0 radical (unpaired) electrons. The minimum Gasteiger partial charge on any atom is -0.0617 e. The van der Waals surface area contributed by atoms with E-state index in [1.165, 1.54) is 19.3 Å². The maximum Gasteiger partial charge on any atom is -0.0216 e. The minimum absolute atomic E-state index is 0.693. The maximum atomic E-state index is 2.29. The van der Waals surface area contributed by atoms with Crippen molar-refractivity contribution in [3.05, 3.63) is 34.9 Å². The summed E-state index contributed by atoms with van der Waals surface area (Å²) in [6.07, 6.45) is 3.97. The van der Waals surface area contributed by atoms with Crippen molar-refractivity contribution in [3.63, 3.8) is 0 Å². The van der Waals surface area contributed by atoms with Gasteiger partial charge in [0, 0.05) is 0 Å². The van der Waals surface area contributed by atoms with Gasteiger partial charge >= 0.3 is 0 Å². The van der Waals surface area contributed by atoms with E-state index in [-0.39, 0.29) is 0 Å². The fourth-order valence-corrected chi connectivity index (χ4v) is 2.19. The number of hydrogen-bond donors (Lipinski definition) is 0. The summed E-state index contributed by atoms with van der Waals surface area (Å²) in [4.78, 5) is 0. The van der Waals surface area contributed by atoms with E-state index in [0.717, 1.165) is 0 Å². The first-order chi connectivity index (χ1) is 5.79. The van der Waals surface area contributed by atoms with Crippen molar-refractivity contribution in [2.75, 3.05) is 0 Å². The normalized spacial score (nSPS) is 15.2. The van der Waals surface area contributed by atoms with E-state index in [2.05, 4.69) is 32.0 Å². The third kappa shape index (κ3) is 1.16. The molecule has 0 spiro atoms. The summed E-state index contributed by atoms with van der Waals surface area (Å²) in [7, 11) is 0. The zero-order chi connectivity index (χ0) is 8.55. The van der Waals surface area contributed by atoms with Crippen LogP contribution in [-0.4, -0.2) is 0 Å². The van der Waals surface area contributed by atoms with Gasteiger partial charge in [-0.1, -0.05) is 32.0 Å².